The van der Waals surface area contributed by atoms with Crippen molar-refractivity contribution in [2.24, 2.45) is 0 Å². The van der Waals surface area contributed by atoms with Gasteiger partial charge in [0.15, 0.2) is 35.4 Å². The molecule has 0 amide bonds. The highest BCUT2D eigenvalue weighted by atomic mass is 16.7. The Kier molecular flexibility index (Phi) is 7.95. The van der Waals surface area contributed by atoms with Gasteiger partial charge in [-0.25, -0.2) is 0 Å². The number of benzene rings is 2. The first-order chi connectivity index (χ1) is 15.7. The summed E-state index contributed by atoms with van der Waals surface area (Å²) in [6.45, 7) is -0.618. The molecule has 5 atom stereocenters. The highest BCUT2D eigenvalue weighted by molar-refractivity contribution is 5.73. The molecule has 0 aromatic heterocycles. The third-order valence-electron chi connectivity index (χ3n) is 5.19. The van der Waals surface area contributed by atoms with Crippen LogP contribution in [0.4, 0.5) is 0 Å². The Bertz CT molecular complexity index is 963. The maximum absolute atomic E-state index is 12.4. The van der Waals surface area contributed by atoms with Crippen LogP contribution < -0.4 is 0 Å². The van der Waals surface area contributed by atoms with Crippen molar-refractivity contribution in [2.45, 2.75) is 43.5 Å². The first-order valence-electron chi connectivity index (χ1n) is 10.1. The molecule has 1 aliphatic heterocycles. The molecule has 11 nitrogen and oxygen atoms in total. The molecule has 1 saturated heterocycles. The number of hydrogen-bond donors (Lipinski definition) is 7. The van der Waals surface area contributed by atoms with E-state index in [1.54, 1.807) is 6.07 Å². The first-order valence-corrected chi connectivity index (χ1v) is 10.1. The van der Waals surface area contributed by atoms with Crippen LogP contribution in [-0.4, -0.2) is 85.6 Å². The zero-order valence-corrected chi connectivity index (χ0v) is 17.4. The van der Waals surface area contributed by atoms with E-state index in [1.165, 1.54) is 30.3 Å². The van der Waals surface area contributed by atoms with Gasteiger partial charge >= 0.3 is 5.97 Å². The summed E-state index contributed by atoms with van der Waals surface area (Å²) in [5.74, 6) is -2.16. The third kappa shape index (κ3) is 6.03. The van der Waals surface area contributed by atoms with Crippen LogP contribution in [0.3, 0.4) is 0 Å². The Morgan fingerprint density at radius 1 is 0.879 bits per heavy atom. The van der Waals surface area contributed by atoms with Gasteiger partial charge in [-0.2, -0.15) is 0 Å². The lowest BCUT2D eigenvalue weighted by Gasteiger charge is -2.41. The zero-order valence-electron chi connectivity index (χ0n) is 17.4. The van der Waals surface area contributed by atoms with Crippen molar-refractivity contribution in [3.8, 4) is 23.0 Å². The van der Waals surface area contributed by atoms with Gasteiger partial charge in [0.2, 0.25) is 0 Å². The van der Waals surface area contributed by atoms with Gasteiger partial charge in [-0.3, -0.25) is 4.79 Å². The summed E-state index contributed by atoms with van der Waals surface area (Å²) in [6, 6.07) is 8.02. The first kappa shape index (κ1) is 24.6. The van der Waals surface area contributed by atoms with Crippen molar-refractivity contribution >= 4 is 5.97 Å². The molecule has 0 radical (unpaired) electrons. The monoisotopic (exact) mass is 466 g/mol. The Morgan fingerprint density at radius 2 is 1.48 bits per heavy atom. The van der Waals surface area contributed by atoms with Gasteiger partial charge in [0.25, 0.3) is 0 Å². The summed E-state index contributed by atoms with van der Waals surface area (Å²) in [5.41, 5.74) is 0.962. The fraction of sp³-hybridized carbons (Fsp3) is 0.409. The molecule has 180 valence electrons. The summed E-state index contributed by atoms with van der Waals surface area (Å²) in [4.78, 5) is 12.4. The molecule has 11 heteroatoms. The number of esters is 1. The summed E-state index contributed by atoms with van der Waals surface area (Å²) in [6.07, 6.45) is -7.12. The SMILES string of the molecule is O=C(Cc1ccc(O)c(O)c1)O[C@@H]1[C@@H](O)[C@H](OCCc2ccc(O)c(O)c2)O[C@H](CO)[C@H]1O. The highest BCUT2D eigenvalue weighted by Crippen LogP contribution is 2.28. The molecule has 2 aromatic carbocycles. The molecular weight excluding hydrogens is 440 g/mol. The predicted molar refractivity (Wildman–Crippen MR) is 111 cm³/mol. The largest absolute Gasteiger partial charge is 0.504 e. The number of aliphatic hydroxyl groups excluding tert-OH is 3. The molecule has 0 saturated carbocycles. The molecule has 3 rings (SSSR count). The van der Waals surface area contributed by atoms with Crippen molar-refractivity contribution in [3.63, 3.8) is 0 Å². The van der Waals surface area contributed by atoms with Crippen LogP contribution in [0.2, 0.25) is 0 Å². The van der Waals surface area contributed by atoms with Crippen LogP contribution in [0.1, 0.15) is 11.1 Å². The minimum absolute atomic E-state index is 0.00758. The average Bonchev–Trinajstić information content (AvgIpc) is 2.77. The van der Waals surface area contributed by atoms with E-state index in [0.717, 1.165) is 0 Å². The van der Waals surface area contributed by atoms with E-state index in [0.29, 0.717) is 11.1 Å². The van der Waals surface area contributed by atoms with Crippen molar-refractivity contribution in [2.75, 3.05) is 13.2 Å². The number of carbonyl (C=O) groups is 1. The van der Waals surface area contributed by atoms with Gasteiger partial charge in [-0.1, -0.05) is 12.1 Å². The number of aliphatic hydroxyl groups is 3. The molecule has 0 aliphatic carbocycles. The standard InChI is InChI=1S/C22H26O11/c23-10-17-19(29)21(33-18(28)9-12-2-4-14(25)16(27)8-12)20(30)22(32-17)31-6-5-11-1-3-13(24)15(26)7-11/h1-4,7-8,17,19-27,29-30H,5-6,9-10H2/t17-,19-,20-,21+,22-/m1/s1. The number of carbonyl (C=O) groups excluding carboxylic acids is 1. The number of rotatable bonds is 8. The molecule has 7 N–H and O–H groups in total. The molecule has 1 aliphatic rings. The van der Waals surface area contributed by atoms with Gasteiger partial charge in [-0.05, 0) is 41.8 Å². The lowest BCUT2D eigenvalue weighted by Crippen LogP contribution is -2.60. The Morgan fingerprint density at radius 3 is 2.09 bits per heavy atom. The van der Waals surface area contributed by atoms with Crippen molar-refractivity contribution in [1.29, 1.82) is 0 Å². The molecular formula is C22H26O11. The Hall–Kier alpha value is -3.09. The Balaban J connectivity index is 1.61. The molecule has 33 heavy (non-hydrogen) atoms. The second-order valence-electron chi connectivity index (χ2n) is 7.60. The fourth-order valence-electron chi connectivity index (χ4n) is 3.39. The van der Waals surface area contributed by atoms with Crippen molar-refractivity contribution in [3.05, 3.63) is 47.5 Å². The van der Waals surface area contributed by atoms with Crippen LogP contribution in [0.15, 0.2) is 36.4 Å². The number of aromatic hydroxyl groups is 4. The minimum atomic E-state index is -1.58. The topological polar surface area (TPSA) is 186 Å². The van der Waals surface area contributed by atoms with Gasteiger partial charge in [-0.15, -0.1) is 0 Å². The van der Waals surface area contributed by atoms with E-state index in [2.05, 4.69) is 0 Å². The minimum Gasteiger partial charge on any atom is -0.504 e. The van der Waals surface area contributed by atoms with Crippen LogP contribution in [0.5, 0.6) is 23.0 Å². The summed E-state index contributed by atoms with van der Waals surface area (Å²) in [7, 11) is 0. The maximum Gasteiger partial charge on any atom is 0.310 e. The molecule has 0 spiro atoms. The number of ether oxygens (including phenoxy) is 3. The molecule has 0 bridgehead atoms. The normalized spacial score (nSPS) is 25.0. The number of phenols is 4. The van der Waals surface area contributed by atoms with E-state index >= 15 is 0 Å². The maximum atomic E-state index is 12.4. The van der Waals surface area contributed by atoms with Gasteiger partial charge < -0.3 is 50.0 Å². The molecule has 2 aromatic rings. The third-order valence-corrected chi connectivity index (χ3v) is 5.19. The second-order valence-corrected chi connectivity index (χ2v) is 7.60. The van der Waals surface area contributed by atoms with Gasteiger partial charge in [0.05, 0.1) is 19.6 Å². The second kappa shape index (κ2) is 10.7. The van der Waals surface area contributed by atoms with Crippen LogP contribution in [-0.2, 0) is 31.8 Å². The van der Waals surface area contributed by atoms with Crippen molar-refractivity contribution in [1.82, 2.24) is 0 Å². The highest BCUT2D eigenvalue weighted by Gasteiger charge is 2.47. The zero-order chi connectivity index (χ0) is 24.1. The molecule has 1 heterocycles. The Labute approximate surface area is 188 Å². The summed E-state index contributed by atoms with van der Waals surface area (Å²) >= 11 is 0. The fourth-order valence-corrected chi connectivity index (χ4v) is 3.39. The smallest absolute Gasteiger partial charge is 0.310 e. The van der Waals surface area contributed by atoms with Crippen LogP contribution in [0.25, 0.3) is 0 Å². The van der Waals surface area contributed by atoms with Crippen LogP contribution >= 0.6 is 0 Å². The number of hydrogen-bond acceptors (Lipinski definition) is 11. The van der Waals surface area contributed by atoms with Crippen molar-refractivity contribution < 1.29 is 54.8 Å². The summed E-state index contributed by atoms with van der Waals surface area (Å²) < 4.78 is 16.1. The van der Waals surface area contributed by atoms with E-state index in [-0.39, 0.29) is 36.7 Å². The van der Waals surface area contributed by atoms with Crippen LogP contribution in [0, 0.1) is 0 Å². The van der Waals surface area contributed by atoms with Gasteiger partial charge in [0, 0.05) is 0 Å². The van der Waals surface area contributed by atoms with Gasteiger partial charge in [0.1, 0.15) is 18.3 Å². The molecule has 0 unspecified atom stereocenters. The van der Waals surface area contributed by atoms with E-state index in [9.17, 15) is 40.5 Å². The predicted octanol–water partition coefficient (Wildman–Crippen LogP) is -0.338. The quantitative estimate of drug-likeness (QED) is 0.199. The van der Waals surface area contributed by atoms with E-state index in [4.69, 9.17) is 14.2 Å². The van der Waals surface area contributed by atoms with E-state index < -0.39 is 49.0 Å². The number of phenolic OH excluding ortho intramolecular Hbond substituents is 4. The average molecular weight is 466 g/mol. The summed E-state index contributed by atoms with van der Waals surface area (Å²) in [5, 5.41) is 68.3. The lowest BCUT2D eigenvalue weighted by molar-refractivity contribution is -0.303. The lowest BCUT2D eigenvalue weighted by atomic mass is 9.99. The molecule has 1 fully saturated rings. The van der Waals surface area contributed by atoms with E-state index in [1.807, 2.05) is 0 Å².